The minimum absolute atomic E-state index is 0.0567. The third-order valence-corrected chi connectivity index (χ3v) is 5.50. The SMILES string of the molecule is Cc1ccc2c(C)c(C(=O)N3CCC4(CC3)NCCNC4=O)oc2c1. The van der Waals surface area contributed by atoms with E-state index in [0.717, 1.165) is 28.6 Å². The molecule has 2 saturated heterocycles. The van der Waals surface area contributed by atoms with E-state index in [1.807, 2.05) is 32.0 Å². The van der Waals surface area contributed by atoms with Gasteiger partial charge in [-0.05, 0) is 38.3 Å². The Kier molecular flexibility index (Phi) is 3.80. The van der Waals surface area contributed by atoms with Gasteiger partial charge >= 0.3 is 0 Å². The van der Waals surface area contributed by atoms with Crippen LogP contribution >= 0.6 is 0 Å². The fourth-order valence-corrected chi connectivity index (χ4v) is 3.90. The van der Waals surface area contributed by atoms with Crippen molar-refractivity contribution in [1.29, 1.82) is 0 Å². The molecule has 1 spiro atoms. The lowest BCUT2D eigenvalue weighted by Crippen LogP contribution is -2.66. The van der Waals surface area contributed by atoms with Crippen LogP contribution in [0.2, 0.25) is 0 Å². The van der Waals surface area contributed by atoms with Gasteiger partial charge in [0.2, 0.25) is 5.91 Å². The first kappa shape index (κ1) is 16.1. The Balaban J connectivity index is 1.55. The zero-order chi connectivity index (χ0) is 17.6. The van der Waals surface area contributed by atoms with Gasteiger partial charge in [-0.25, -0.2) is 0 Å². The molecule has 0 bridgehead atoms. The molecule has 0 saturated carbocycles. The number of hydrogen-bond donors (Lipinski definition) is 2. The van der Waals surface area contributed by atoms with Crippen molar-refractivity contribution in [2.45, 2.75) is 32.2 Å². The van der Waals surface area contributed by atoms with E-state index >= 15 is 0 Å². The minimum Gasteiger partial charge on any atom is -0.451 e. The van der Waals surface area contributed by atoms with Crippen molar-refractivity contribution < 1.29 is 14.0 Å². The summed E-state index contributed by atoms with van der Waals surface area (Å²) in [7, 11) is 0. The Hall–Kier alpha value is -2.34. The summed E-state index contributed by atoms with van der Waals surface area (Å²) in [4.78, 5) is 27.0. The monoisotopic (exact) mass is 341 g/mol. The molecule has 4 rings (SSSR count). The summed E-state index contributed by atoms with van der Waals surface area (Å²) >= 11 is 0. The first-order chi connectivity index (χ1) is 12.0. The van der Waals surface area contributed by atoms with Gasteiger partial charge in [0.15, 0.2) is 5.76 Å². The molecule has 2 aliphatic rings. The lowest BCUT2D eigenvalue weighted by molar-refractivity contribution is -0.131. The van der Waals surface area contributed by atoms with Gasteiger partial charge in [-0.1, -0.05) is 12.1 Å². The summed E-state index contributed by atoms with van der Waals surface area (Å²) in [6.07, 6.45) is 1.26. The van der Waals surface area contributed by atoms with Crippen LogP contribution in [0, 0.1) is 13.8 Å². The van der Waals surface area contributed by atoms with Crippen LogP contribution in [0.4, 0.5) is 0 Å². The van der Waals surface area contributed by atoms with E-state index in [2.05, 4.69) is 10.6 Å². The standard InChI is InChI=1S/C19H23N3O3/c1-12-3-4-14-13(2)16(25-15(14)11-12)17(23)22-9-5-19(6-10-22)18(24)20-7-8-21-19/h3-4,11,21H,5-10H2,1-2H3,(H,20,24). The van der Waals surface area contributed by atoms with Crippen molar-refractivity contribution in [1.82, 2.24) is 15.5 Å². The van der Waals surface area contributed by atoms with Gasteiger partial charge in [0.1, 0.15) is 11.1 Å². The van der Waals surface area contributed by atoms with Crippen LogP contribution in [-0.2, 0) is 4.79 Å². The molecule has 0 radical (unpaired) electrons. The number of nitrogens with zero attached hydrogens (tertiary/aromatic N) is 1. The number of rotatable bonds is 1. The number of piperidine rings is 1. The van der Waals surface area contributed by atoms with E-state index in [9.17, 15) is 9.59 Å². The van der Waals surface area contributed by atoms with Crippen molar-refractivity contribution in [2.24, 2.45) is 0 Å². The zero-order valence-corrected chi connectivity index (χ0v) is 14.6. The molecule has 0 aliphatic carbocycles. The number of furan rings is 1. The highest BCUT2D eigenvalue weighted by molar-refractivity contribution is 5.99. The van der Waals surface area contributed by atoms with Gasteiger partial charge in [0.25, 0.3) is 5.91 Å². The van der Waals surface area contributed by atoms with Crippen LogP contribution in [-0.4, -0.2) is 48.4 Å². The molecule has 2 amide bonds. The molecular weight excluding hydrogens is 318 g/mol. The quantitative estimate of drug-likeness (QED) is 0.829. The van der Waals surface area contributed by atoms with Crippen molar-refractivity contribution in [2.75, 3.05) is 26.2 Å². The normalized spacial score (nSPS) is 20.1. The molecule has 25 heavy (non-hydrogen) atoms. The number of piperazine rings is 1. The third-order valence-electron chi connectivity index (χ3n) is 5.50. The maximum Gasteiger partial charge on any atom is 0.289 e. The number of amides is 2. The first-order valence-electron chi connectivity index (χ1n) is 8.82. The van der Waals surface area contributed by atoms with E-state index < -0.39 is 5.54 Å². The predicted molar refractivity (Wildman–Crippen MR) is 94.6 cm³/mol. The van der Waals surface area contributed by atoms with E-state index in [1.165, 1.54) is 0 Å². The zero-order valence-electron chi connectivity index (χ0n) is 14.6. The van der Waals surface area contributed by atoms with Gasteiger partial charge in [0, 0.05) is 37.1 Å². The summed E-state index contributed by atoms with van der Waals surface area (Å²) in [6, 6.07) is 5.99. The average Bonchev–Trinajstić information content (AvgIpc) is 2.94. The molecule has 2 aliphatic heterocycles. The second-order valence-electron chi connectivity index (χ2n) is 7.11. The lowest BCUT2D eigenvalue weighted by Gasteiger charge is -2.43. The van der Waals surface area contributed by atoms with Gasteiger partial charge < -0.3 is 20.0 Å². The Morgan fingerprint density at radius 2 is 1.96 bits per heavy atom. The molecule has 2 fully saturated rings. The second kappa shape index (κ2) is 5.88. The van der Waals surface area contributed by atoms with Crippen LogP contribution in [0.15, 0.2) is 22.6 Å². The predicted octanol–water partition coefficient (Wildman–Crippen LogP) is 1.74. The average molecular weight is 341 g/mol. The number of hydrogen-bond acceptors (Lipinski definition) is 4. The number of fused-ring (bicyclic) bond motifs is 1. The van der Waals surface area contributed by atoms with Crippen molar-refractivity contribution in [3.05, 3.63) is 35.1 Å². The van der Waals surface area contributed by atoms with Gasteiger partial charge in [0.05, 0.1) is 0 Å². The van der Waals surface area contributed by atoms with Gasteiger partial charge in [-0.3, -0.25) is 9.59 Å². The molecule has 1 aromatic heterocycles. The van der Waals surface area contributed by atoms with Gasteiger partial charge in [-0.2, -0.15) is 0 Å². The van der Waals surface area contributed by atoms with E-state index in [-0.39, 0.29) is 11.8 Å². The van der Waals surface area contributed by atoms with Crippen molar-refractivity contribution in [3.63, 3.8) is 0 Å². The summed E-state index contributed by atoms with van der Waals surface area (Å²) < 4.78 is 5.87. The molecule has 3 heterocycles. The summed E-state index contributed by atoms with van der Waals surface area (Å²) in [5.74, 6) is 0.385. The highest BCUT2D eigenvalue weighted by atomic mass is 16.3. The number of benzene rings is 1. The molecule has 0 unspecified atom stereocenters. The van der Waals surface area contributed by atoms with E-state index in [1.54, 1.807) is 4.90 Å². The first-order valence-corrected chi connectivity index (χ1v) is 8.82. The van der Waals surface area contributed by atoms with Crippen LogP contribution in [0.3, 0.4) is 0 Å². The number of aryl methyl sites for hydroxylation is 2. The Bertz CT molecular complexity index is 847. The number of likely N-dealkylation sites (tertiary alicyclic amines) is 1. The molecule has 2 N–H and O–H groups in total. The highest BCUT2D eigenvalue weighted by Gasteiger charge is 2.43. The van der Waals surface area contributed by atoms with Gasteiger partial charge in [-0.15, -0.1) is 0 Å². The molecular formula is C19H23N3O3. The smallest absolute Gasteiger partial charge is 0.289 e. The van der Waals surface area contributed by atoms with Crippen molar-refractivity contribution >= 4 is 22.8 Å². The summed E-state index contributed by atoms with van der Waals surface area (Å²) in [5.41, 5.74) is 2.22. The van der Waals surface area contributed by atoms with E-state index in [0.29, 0.717) is 38.2 Å². The van der Waals surface area contributed by atoms with Crippen LogP contribution in [0.25, 0.3) is 11.0 Å². The van der Waals surface area contributed by atoms with Crippen LogP contribution < -0.4 is 10.6 Å². The minimum atomic E-state index is -0.519. The summed E-state index contributed by atoms with van der Waals surface area (Å²) in [5, 5.41) is 7.26. The van der Waals surface area contributed by atoms with E-state index in [4.69, 9.17) is 4.42 Å². The number of carbonyl (C=O) groups is 2. The Morgan fingerprint density at radius 3 is 2.68 bits per heavy atom. The molecule has 1 aromatic carbocycles. The third kappa shape index (κ3) is 2.61. The van der Waals surface area contributed by atoms with Crippen LogP contribution in [0.1, 0.15) is 34.5 Å². The fourth-order valence-electron chi connectivity index (χ4n) is 3.90. The summed E-state index contributed by atoms with van der Waals surface area (Å²) in [6.45, 7) is 6.48. The highest BCUT2D eigenvalue weighted by Crippen LogP contribution is 2.29. The Labute approximate surface area is 146 Å². The Morgan fingerprint density at radius 1 is 1.20 bits per heavy atom. The fraction of sp³-hybridized carbons (Fsp3) is 0.474. The molecule has 132 valence electrons. The molecule has 0 atom stereocenters. The van der Waals surface area contributed by atoms with Crippen molar-refractivity contribution in [3.8, 4) is 0 Å². The lowest BCUT2D eigenvalue weighted by atomic mass is 9.85. The molecule has 2 aromatic rings. The number of nitrogens with one attached hydrogen (secondary N) is 2. The maximum atomic E-state index is 12.9. The molecule has 6 heteroatoms. The topological polar surface area (TPSA) is 74.6 Å². The maximum absolute atomic E-state index is 12.9. The number of carbonyl (C=O) groups excluding carboxylic acids is 2. The second-order valence-corrected chi connectivity index (χ2v) is 7.11. The van der Waals surface area contributed by atoms with Crippen LogP contribution in [0.5, 0.6) is 0 Å². The largest absolute Gasteiger partial charge is 0.451 e. The molecule has 6 nitrogen and oxygen atoms in total.